The molecule has 1 aliphatic rings. The smallest absolute Gasteiger partial charge is 0.339 e. The Hall–Kier alpha value is -3.93. The molecule has 3 rings (SSSR count). The molecule has 0 aliphatic carbocycles. The van der Waals surface area contributed by atoms with E-state index in [1.807, 2.05) is 6.92 Å². The number of nitrogen functional groups attached to an aromatic ring is 1. The molecule has 2 unspecified atom stereocenters. The number of carboxylic acid groups (broad SMARTS) is 1. The first-order valence-corrected chi connectivity index (χ1v) is 12.8. The van der Waals surface area contributed by atoms with Gasteiger partial charge in [0.15, 0.2) is 0 Å². The van der Waals surface area contributed by atoms with Crippen LogP contribution in [-0.4, -0.2) is 64.8 Å². The maximum Gasteiger partial charge on any atom is 0.339 e. The maximum absolute atomic E-state index is 12.9. The number of likely N-dealkylation sites (tertiary alicyclic amines) is 1. The zero-order valence-corrected chi connectivity index (χ0v) is 21.3. The number of benzene rings is 1. The van der Waals surface area contributed by atoms with E-state index in [0.717, 1.165) is 4.88 Å². The van der Waals surface area contributed by atoms with E-state index in [-0.39, 0.29) is 67.0 Å². The first-order chi connectivity index (χ1) is 17.7. The Kier molecular flexibility index (Phi) is 9.61. The van der Waals surface area contributed by atoms with Gasteiger partial charge in [0.2, 0.25) is 17.7 Å². The third kappa shape index (κ3) is 7.53. The molecule has 2 aromatic rings. The zero-order chi connectivity index (χ0) is 26.9. The number of thiophene rings is 1. The number of nitrogens with two attached hydrogens (primary N) is 1. The lowest BCUT2D eigenvalue weighted by atomic mass is 10.2. The van der Waals surface area contributed by atoms with Gasteiger partial charge in [0.1, 0.15) is 23.2 Å². The van der Waals surface area contributed by atoms with E-state index < -0.39 is 12.0 Å². The molecule has 3 amide bonds. The van der Waals surface area contributed by atoms with Crippen LogP contribution in [0.4, 0.5) is 0 Å². The van der Waals surface area contributed by atoms with Crippen LogP contribution in [-0.2, 0) is 20.9 Å². The summed E-state index contributed by atoms with van der Waals surface area (Å²) in [5.41, 5.74) is 6.13. The number of hydrogen-bond acceptors (Lipinski definition) is 7. The van der Waals surface area contributed by atoms with Crippen LogP contribution in [0.1, 0.15) is 53.4 Å². The van der Waals surface area contributed by atoms with E-state index in [4.69, 9.17) is 15.9 Å². The van der Waals surface area contributed by atoms with Gasteiger partial charge >= 0.3 is 5.97 Å². The van der Waals surface area contributed by atoms with Crippen molar-refractivity contribution in [1.29, 1.82) is 5.41 Å². The molecule has 12 heteroatoms. The molecule has 2 heterocycles. The van der Waals surface area contributed by atoms with E-state index in [9.17, 15) is 24.3 Å². The van der Waals surface area contributed by atoms with Gasteiger partial charge in [-0.15, -0.1) is 11.3 Å². The number of hydrogen-bond donors (Lipinski definition) is 5. The summed E-state index contributed by atoms with van der Waals surface area (Å²) < 4.78 is 5.48. The van der Waals surface area contributed by atoms with Crippen molar-refractivity contribution in [3.05, 3.63) is 51.7 Å². The number of carbonyl (C=O) groups is 4. The number of ether oxygens (including phenoxy) is 1. The summed E-state index contributed by atoms with van der Waals surface area (Å²) in [6.45, 7) is 2.08. The Labute approximate surface area is 218 Å². The minimum atomic E-state index is -1.09. The number of rotatable bonds is 12. The average Bonchev–Trinajstić information content (AvgIpc) is 3.51. The Balaban J connectivity index is 1.42. The van der Waals surface area contributed by atoms with Crippen LogP contribution in [0.2, 0.25) is 0 Å². The summed E-state index contributed by atoms with van der Waals surface area (Å²) in [5.74, 6) is -1.83. The summed E-state index contributed by atoms with van der Waals surface area (Å²) in [6.07, 6.45) is 1.66. The van der Waals surface area contributed by atoms with Crippen molar-refractivity contribution >= 4 is 40.9 Å². The lowest BCUT2D eigenvalue weighted by Gasteiger charge is -2.28. The molecule has 1 aromatic heterocycles. The van der Waals surface area contributed by atoms with E-state index in [1.165, 1.54) is 22.3 Å². The second-order valence-corrected chi connectivity index (χ2v) is 9.70. The number of amidine groups is 1. The van der Waals surface area contributed by atoms with Crippen molar-refractivity contribution in [1.82, 2.24) is 15.5 Å². The predicted molar refractivity (Wildman–Crippen MR) is 138 cm³/mol. The molecule has 0 saturated carbocycles. The molecule has 1 fully saturated rings. The highest BCUT2D eigenvalue weighted by Crippen LogP contribution is 2.24. The van der Waals surface area contributed by atoms with Crippen molar-refractivity contribution in [3.63, 3.8) is 0 Å². The highest BCUT2D eigenvalue weighted by atomic mass is 32.1. The Bertz CT molecular complexity index is 1170. The molecule has 1 saturated heterocycles. The Morgan fingerprint density at radius 1 is 1.22 bits per heavy atom. The molecule has 11 nitrogen and oxygen atoms in total. The van der Waals surface area contributed by atoms with Gasteiger partial charge < -0.3 is 31.1 Å². The molecule has 198 valence electrons. The standard InChI is InChI=1S/C25H31N5O6S/c1-15-8-9-19(24(33)29-12-17-11-16(14-37-17)23(26)27)30(15)22(32)13-28-21(31)7-4-10-36-20-6-3-2-5-18(20)25(34)35/h2-3,5-6,11,14-15,19H,4,7-10,12-13H2,1H3,(H3,26,27)(H,28,31)(H,29,33)(H,34,35). The van der Waals surface area contributed by atoms with Gasteiger partial charge in [-0.3, -0.25) is 19.8 Å². The molecule has 2 atom stereocenters. The molecule has 0 bridgehead atoms. The lowest BCUT2D eigenvalue weighted by molar-refractivity contribution is -0.140. The van der Waals surface area contributed by atoms with E-state index >= 15 is 0 Å². The number of amides is 3. The number of nitrogens with one attached hydrogen (secondary N) is 3. The van der Waals surface area contributed by atoms with E-state index in [2.05, 4.69) is 10.6 Å². The summed E-state index contributed by atoms with van der Waals surface area (Å²) >= 11 is 1.39. The number of aromatic carboxylic acids is 1. The van der Waals surface area contributed by atoms with Crippen LogP contribution in [0.3, 0.4) is 0 Å². The number of para-hydroxylation sites is 1. The average molecular weight is 530 g/mol. The highest BCUT2D eigenvalue weighted by Gasteiger charge is 2.38. The van der Waals surface area contributed by atoms with Gasteiger partial charge in [0, 0.05) is 28.3 Å². The number of carbonyl (C=O) groups excluding carboxylic acids is 3. The summed E-state index contributed by atoms with van der Waals surface area (Å²) in [5, 5.41) is 23.8. The van der Waals surface area contributed by atoms with Gasteiger partial charge in [-0.25, -0.2) is 4.79 Å². The van der Waals surface area contributed by atoms with Crippen LogP contribution in [0.5, 0.6) is 5.75 Å². The van der Waals surface area contributed by atoms with Crippen LogP contribution < -0.4 is 21.1 Å². The van der Waals surface area contributed by atoms with E-state index in [0.29, 0.717) is 24.8 Å². The molecule has 0 spiro atoms. The summed E-state index contributed by atoms with van der Waals surface area (Å²) in [7, 11) is 0. The molecular weight excluding hydrogens is 498 g/mol. The number of nitrogens with zero attached hydrogens (tertiary/aromatic N) is 1. The maximum atomic E-state index is 12.9. The van der Waals surface area contributed by atoms with Gasteiger partial charge in [-0.05, 0) is 44.4 Å². The van der Waals surface area contributed by atoms with Gasteiger partial charge in [0.05, 0.1) is 19.7 Å². The fourth-order valence-corrected chi connectivity index (χ4v) is 4.93. The zero-order valence-electron chi connectivity index (χ0n) is 20.5. The van der Waals surface area contributed by atoms with E-state index in [1.54, 1.807) is 29.6 Å². The largest absolute Gasteiger partial charge is 0.493 e. The lowest BCUT2D eigenvalue weighted by Crippen LogP contribution is -2.51. The minimum Gasteiger partial charge on any atom is -0.493 e. The topological polar surface area (TPSA) is 175 Å². The third-order valence-corrected chi connectivity index (χ3v) is 6.96. The van der Waals surface area contributed by atoms with Gasteiger partial charge in [0.25, 0.3) is 0 Å². The number of carboxylic acids is 1. The summed E-state index contributed by atoms with van der Waals surface area (Å²) in [4.78, 5) is 51.5. The van der Waals surface area contributed by atoms with Crippen LogP contribution in [0.25, 0.3) is 0 Å². The fraction of sp³-hybridized carbons (Fsp3) is 0.400. The molecular formula is C25H31N5O6S. The van der Waals surface area contributed by atoms with Crippen molar-refractivity contribution in [2.75, 3.05) is 13.2 Å². The fourth-order valence-electron chi connectivity index (χ4n) is 4.11. The Morgan fingerprint density at radius 2 is 1.97 bits per heavy atom. The molecule has 0 radical (unpaired) electrons. The second-order valence-electron chi connectivity index (χ2n) is 8.71. The van der Waals surface area contributed by atoms with Crippen molar-refractivity contribution in [2.24, 2.45) is 5.73 Å². The molecule has 6 N–H and O–H groups in total. The van der Waals surface area contributed by atoms with Crippen molar-refractivity contribution in [2.45, 2.75) is 51.2 Å². The quantitative estimate of drug-likeness (QED) is 0.158. The van der Waals surface area contributed by atoms with Gasteiger partial charge in [-0.1, -0.05) is 12.1 Å². The molecule has 1 aromatic carbocycles. The predicted octanol–water partition coefficient (Wildman–Crippen LogP) is 1.70. The normalized spacial score (nSPS) is 16.7. The first-order valence-electron chi connectivity index (χ1n) is 11.9. The Morgan fingerprint density at radius 3 is 2.68 bits per heavy atom. The molecule has 1 aliphatic heterocycles. The first kappa shape index (κ1) is 27.7. The highest BCUT2D eigenvalue weighted by molar-refractivity contribution is 7.10. The second kappa shape index (κ2) is 12.9. The summed E-state index contributed by atoms with van der Waals surface area (Å²) in [6, 6.07) is 7.26. The molecule has 37 heavy (non-hydrogen) atoms. The van der Waals surface area contributed by atoms with Crippen molar-refractivity contribution < 1.29 is 29.0 Å². The third-order valence-electron chi connectivity index (χ3n) is 6.02. The van der Waals surface area contributed by atoms with Crippen LogP contribution in [0, 0.1) is 5.41 Å². The minimum absolute atomic E-state index is 0.0340. The van der Waals surface area contributed by atoms with Crippen LogP contribution >= 0.6 is 11.3 Å². The SMILES string of the molecule is CC1CCC(C(=O)NCc2cc(C(=N)N)cs2)N1C(=O)CNC(=O)CCCOc1ccccc1C(=O)O. The van der Waals surface area contributed by atoms with Crippen molar-refractivity contribution in [3.8, 4) is 5.75 Å². The monoisotopic (exact) mass is 529 g/mol. The van der Waals surface area contributed by atoms with Crippen LogP contribution in [0.15, 0.2) is 35.7 Å². The van der Waals surface area contributed by atoms with Gasteiger partial charge in [-0.2, -0.15) is 0 Å².